The molecule has 0 radical (unpaired) electrons. The number of nitrogens with one attached hydrogen (secondary N) is 2. The molecule has 0 saturated heterocycles. The first-order chi connectivity index (χ1) is 12.1. The van der Waals surface area contributed by atoms with Gasteiger partial charge < -0.3 is 15.2 Å². The van der Waals surface area contributed by atoms with E-state index in [9.17, 15) is 0 Å². The second kappa shape index (κ2) is 6.70. The van der Waals surface area contributed by atoms with Crippen LogP contribution in [0.3, 0.4) is 0 Å². The molecule has 0 unspecified atom stereocenters. The third-order valence-corrected chi connectivity index (χ3v) is 5.48. The molecule has 0 bridgehead atoms. The molecule has 128 valence electrons. The lowest BCUT2D eigenvalue weighted by Gasteiger charge is -2.24. The molecule has 25 heavy (non-hydrogen) atoms. The normalized spacial score (nSPS) is 14.2. The average Bonchev–Trinajstić information content (AvgIpc) is 2.81. The Hall–Kier alpha value is -2.04. The summed E-state index contributed by atoms with van der Waals surface area (Å²) in [6.45, 7) is 3.88. The molecule has 0 fully saturated rings. The molecule has 0 spiro atoms. The number of benzene rings is 2. The molecule has 0 saturated carbocycles. The molecular formula is C20H20ClN3S. The van der Waals surface area contributed by atoms with E-state index in [1.165, 1.54) is 22.2 Å². The Labute approximate surface area is 158 Å². The summed E-state index contributed by atoms with van der Waals surface area (Å²) >= 11 is 11.7. The van der Waals surface area contributed by atoms with E-state index in [4.69, 9.17) is 23.8 Å². The van der Waals surface area contributed by atoms with Gasteiger partial charge in [0.2, 0.25) is 0 Å². The molecular weight excluding hydrogens is 350 g/mol. The fourth-order valence-electron chi connectivity index (χ4n) is 3.52. The fraction of sp³-hybridized carbons (Fsp3) is 0.250. The number of aromatic nitrogens is 1. The number of anilines is 1. The number of halogens is 1. The van der Waals surface area contributed by atoms with E-state index in [2.05, 4.69) is 39.5 Å². The van der Waals surface area contributed by atoms with E-state index in [-0.39, 0.29) is 0 Å². The summed E-state index contributed by atoms with van der Waals surface area (Å²) < 4.78 is 0. The molecule has 3 nitrogen and oxygen atoms in total. The van der Waals surface area contributed by atoms with Gasteiger partial charge in [0.05, 0.1) is 0 Å². The van der Waals surface area contributed by atoms with E-state index in [1.807, 2.05) is 25.1 Å². The van der Waals surface area contributed by atoms with Crippen molar-refractivity contribution in [2.24, 2.45) is 0 Å². The van der Waals surface area contributed by atoms with Crippen LogP contribution in [0.1, 0.15) is 16.8 Å². The summed E-state index contributed by atoms with van der Waals surface area (Å²) in [7, 11) is 0. The van der Waals surface area contributed by atoms with Gasteiger partial charge in [-0.3, -0.25) is 0 Å². The van der Waals surface area contributed by atoms with Crippen molar-refractivity contribution in [3.8, 4) is 0 Å². The number of thiocarbonyl (C=S) groups is 1. The monoisotopic (exact) mass is 369 g/mol. The maximum atomic E-state index is 6.04. The lowest BCUT2D eigenvalue weighted by molar-refractivity contribution is 0.445. The molecule has 3 aromatic rings. The number of aromatic amines is 1. The summed E-state index contributed by atoms with van der Waals surface area (Å²) in [6.07, 6.45) is 1.98. The van der Waals surface area contributed by atoms with Gasteiger partial charge in [-0.25, -0.2) is 0 Å². The number of nitrogens with zero attached hydrogens (tertiary/aromatic N) is 1. The highest BCUT2D eigenvalue weighted by molar-refractivity contribution is 7.80. The van der Waals surface area contributed by atoms with Crippen LogP contribution in [0.25, 0.3) is 10.9 Å². The lowest BCUT2D eigenvalue weighted by atomic mass is 10.1. The van der Waals surface area contributed by atoms with Crippen molar-refractivity contribution in [3.63, 3.8) is 0 Å². The van der Waals surface area contributed by atoms with Crippen LogP contribution < -0.4 is 5.32 Å². The molecule has 2 heterocycles. The second-order valence-electron chi connectivity index (χ2n) is 6.50. The Kier molecular flexibility index (Phi) is 4.40. The largest absolute Gasteiger partial charge is 0.358 e. The number of H-pyrrole nitrogens is 1. The topological polar surface area (TPSA) is 31.1 Å². The zero-order valence-electron chi connectivity index (χ0n) is 14.1. The Morgan fingerprint density at radius 2 is 1.96 bits per heavy atom. The molecule has 1 aliphatic rings. The lowest BCUT2D eigenvalue weighted by Crippen LogP contribution is -2.36. The summed E-state index contributed by atoms with van der Waals surface area (Å²) in [5.74, 6) is 0. The molecule has 0 amide bonds. The highest BCUT2D eigenvalue weighted by Crippen LogP contribution is 2.26. The van der Waals surface area contributed by atoms with E-state index in [0.717, 1.165) is 47.3 Å². The molecule has 2 aromatic carbocycles. The first-order valence-corrected chi connectivity index (χ1v) is 9.31. The third-order valence-electron chi connectivity index (χ3n) is 4.88. The van der Waals surface area contributed by atoms with Crippen LogP contribution in [-0.2, 0) is 12.8 Å². The number of para-hydroxylation sites is 1. The van der Waals surface area contributed by atoms with Gasteiger partial charge in [0.15, 0.2) is 5.11 Å². The van der Waals surface area contributed by atoms with Gasteiger partial charge in [0.25, 0.3) is 0 Å². The SMILES string of the molecule is Cc1cc(Cl)ccc1NC(=S)N1CCc2[nH]c3ccccc3c2CC1. The van der Waals surface area contributed by atoms with Crippen LogP contribution >= 0.6 is 23.8 Å². The van der Waals surface area contributed by atoms with Crippen LogP contribution in [0.4, 0.5) is 5.69 Å². The summed E-state index contributed by atoms with van der Waals surface area (Å²) in [5, 5.41) is 6.24. The first kappa shape index (κ1) is 16.4. The zero-order valence-corrected chi connectivity index (χ0v) is 15.7. The van der Waals surface area contributed by atoms with Crippen LogP contribution in [-0.4, -0.2) is 28.1 Å². The smallest absolute Gasteiger partial charge is 0.173 e. The highest BCUT2D eigenvalue weighted by Gasteiger charge is 2.19. The van der Waals surface area contributed by atoms with E-state index in [1.54, 1.807) is 0 Å². The standard InChI is InChI=1S/C20H20ClN3S/c1-13-12-14(21)6-7-17(13)23-20(25)24-10-8-16-15-4-2-3-5-18(15)22-19(16)9-11-24/h2-7,12,22H,8-11H2,1H3,(H,23,25). The van der Waals surface area contributed by atoms with E-state index < -0.39 is 0 Å². The molecule has 5 heteroatoms. The minimum Gasteiger partial charge on any atom is -0.358 e. The van der Waals surface area contributed by atoms with Crippen molar-refractivity contribution in [1.82, 2.24) is 9.88 Å². The minimum atomic E-state index is 0.745. The molecule has 4 rings (SSSR count). The van der Waals surface area contributed by atoms with Crippen LogP contribution in [0, 0.1) is 6.92 Å². The third kappa shape index (κ3) is 3.24. The maximum absolute atomic E-state index is 6.04. The van der Waals surface area contributed by atoms with E-state index >= 15 is 0 Å². The van der Waals surface area contributed by atoms with Crippen molar-refractivity contribution in [1.29, 1.82) is 0 Å². The van der Waals surface area contributed by atoms with Crippen LogP contribution in [0.2, 0.25) is 5.02 Å². The Bertz CT molecular complexity index is 947. The molecule has 1 aliphatic heterocycles. The molecule has 1 aromatic heterocycles. The Morgan fingerprint density at radius 1 is 1.16 bits per heavy atom. The van der Waals surface area contributed by atoms with Crippen molar-refractivity contribution < 1.29 is 0 Å². The van der Waals surface area contributed by atoms with Gasteiger partial charge in [-0.2, -0.15) is 0 Å². The summed E-state index contributed by atoms with van der Waals surface area (Å²) in [6, 6.07) is 14.4. The van der Waals surface area contributed by atoms with Crippen LogP contribution in [0.15, 0.2) is 42.5 Å². The zero-order chi connectivity index (χ0) is 17.4. The molecule has 2 N–H and O–H groups in total. The molecule has 0 atom stereocenters. The summed E-state index contributed by atoms with van der Waals surface area (Å²) in [4.78, 5) is 5.83. The van der Waals surface area contributed by atoms with Crippen molar-refractivity contribution in [3.05, 3.63) is 64.3 Å². The number of hydrogen-bond acceptors (Lipinski definition) is 1. The first-order valence-electron chi connectivity index (χ1n) is 8.52. The van der Waals surface area contributed by atoms with Gasteiger partial charge >= 0.3 is 0 Å². The van der Waals surface area contributed by atoms with Gasteiger partial charge in [-0.05, 0) is 61.0 Å². The van der Waals surface area contributed by atoms with Gasteiger partial charge in [-0.1, -0.05) is 29.8 Å². The van der Waals surface area contributed by atoms with Gasteiger partial charge in [-0.15, -0.1) is 0 Å². The van der Waals surface area contributed by atoms with Crippen molar-refractivity contribution >= 4 is 45.5 Å². The van der Waals surface area contributed by atoms with Gasteiger partial charge in [0, 0.05) is 46.8 Å². The predicted molar refractivity (Wildman–Crippen MR) is 110 cm³/mol. The quantitative estimate of drug-likeness (QED) is 0.596. The number of fused-ring (bicyclic) bond motifs is 3. The maximum Gasteiger partial charge on any atom is 0.173 e. The van der Waals surface area contributed by atoms with Gasteiger partial charge in [0.1, 0.15) is 0 Å². The number of aryl methyl sites for hydroxylation is 1. The van der Waals surface area contributed by atoms with Crippen molar-refractivity contribution in [2.45, 2.75) is 19.8 Å². The number of rotatable bonds is 1. The highest BCUT2D eigenvalue weighted by atomic mass is 35.5. The Morgan fingerprint density at radius 3 is 2.80 bits per heavy atom. The van der Waals surface area contributed by atoms with E-state index in [0.29, 0.717) is 0 Å². The minimum absolute atomic E-state index is 0.745. The van der Waals surface area contributed by atoms with Crippen molar-refractivity contribution in [2.75, 3.05) is 18.4 Å². The van der Waals surface area contributed by atoms with Crippen LogP contribution in [0.5, 0.6) is 0 Å². The fourth-order valence-corrected chi connectivity index (χ4v) is 4.04. The second-order valence-corrected chi connectivity index (χ2v) is 7.33. The predicted octanol–water partition coefficient (Wildman–Crippen LogP) is 4.93. The average molecular weight is 370 g/mol. The summed E-state index contributed by atoms with van der Waals surface area (Å²) in [5.41, 5.74) is 6.12. The Balaban J connectivity index is 1.50. The molecule has 0 aliphatic carbocycles. The number of hydrogen-bond donors (Lipinski definition) is 2.